The highest BCUT2D eigenvalue weighted by Gasteiger charge is 2.44. The van der Waals surface area contributed by atoms with Gasteiger partial charge in [0.05, 0.1) is 11.0 Å². The molecular weight excluding hydrogens is 268 g/mol. The van der Waals surface area contributed by atoms with Crippen molar-refractivity contribution in [3.05, 3.63) is 34.9 Å². The molecule has 0 saturated carbocycles. The third-order valence-electron chi connectivity index (χ3n) is 4.62. The Kier molecular flexibility index (Phi) is 3.80. The molecule has 1 heterocycles. The summed E-state index contributed by atoms with van der Waals surface area (Å²) in [7, 11) is 0. The van der Waals surface area contributed by atoms with Crippen LogP contribution in [0.3, 0.4) is 0 Å². The average molecular weight is 290 g/mol. The van der Waals surface area contributed by atoms with Gasteiger partial charge in [-0.05, 0) is 51.0 Å². The number of carbonyl (C=O) groups excluding carboxylic acids is 1. The Morgan fingerprint density at radius 3 is 2.38 bits per heavy atom. The van der Waals surface area contributed by atoms with E-state index in [2.05, 4.69) is 10.6 Å². The zero-order chi connectivity index (χ0) is 15.8. The maximum Gasteiger partial charge on any atom is 0.311 e. The van der Waals surface area contributed by atoms with Gasteiger partial charge in [-0.2, -0.15) is 0 Å². The Labute approximate surface area is 124 Å². The van der Waals surface area contributed by atoms with E-state index in [-0.39, 0.29) is 5.91 Å². The van der Waals surface area contributed by atoms with Crippen molar-refractivity contribution in [1.29, 1.82) is 0 Å². The van der Waals surface area contributed by atoms with Crippen molar-refractivity contribution in [3.63, 3.8) is 0 Å². The fraction of sp³-hybridized carbons (Fsp3) is 0.500. The molecule has 1 amide bonds. The Morgan fingerprint density at radius 1 is 1.14 bits per heavy atom. The van der Waals surface area contributed by atoms with Gasteiger partial charge in [0.1, 0.15) is 0 Å². The first-order valence-corrected chi connectivity index (χ1v) is 7.03. The number of carboxylic acids is 1. The molecule has 2 rings (SSSR count). The van der Waals surface area contributed by atoms with Crippen molar-refractivity contribution >= 4 is 11.9 Å². The maximum absolute atomic E-state index is 12.4. The fourth-order valence-corrected chi connectivity index (χ4v) is 2.22. The number of rotatable bonds is 4. The summed E-state index contributed by atoms with van der Waals surface area (Å²) in [5.74, 6) is -1.19. The first-order valence-electron chi connectivity index (χ1n) is 7.03. The predicted octanol–water partition coefficient (Wildman–Crippen LogP) is 1.91. The summed E-state index contributed by atoms with van der Waals surface area (Å²) in [5.41, 5.74) is 0.954. The lowest BCUT2D eigenvalue weighted by atomic mass is 9.74. The van der Waals surface area contributed by atoms with E-state index in [0.717, 1.165) is 18.7 Å². The van der Waals surface area contributed by atoms with E-state index in [4.69, 9.17) is 0 Å². The molecule has 0 saturated heterocycles. The zero-order valence-electron chi connectivity index (χ0n) is 12.9. The Bertz CT molecular complexity index is 591. The van der Waals surface area contributed by atoms with E-state index in [1.54, 1.807) is 33.8 Å². The summed E-state index contributed by atoms with van der Waals surface area (Å²) in [5, 5.41) is 15.4. The maximum atomic E-state index is 12.4. The molecule has 0 bridgehead atoms. The number of carbonyl (C=O) groups is 2. The third kappa shape index (κ3) is 2.78. The zero-order valence-corrected chi connectivity index (χ0v) is 12.9. The van der Waals surface area contributed by atoms with Crippen molar-refractivity contribution in [2.45, 2.75) is 46.3 Å². The minimum Gasteiger partial charge on any atom is -0.481 e. The quantitative estimate of drug-likeness (QED) is 0.791. The Balaban J connectivity index is 2.20. The molecule has 0 aromatic heterocycles. The van der Waals surface area contributed by atoms with Crippen LogP contribution < -0.4 is 10.6 Å². The Morgan fingerprint density at radius 2 is 1.76 bits per heavy atom. The van der Waals surface area contributed by atoms with Crippen molar-refractivity contribution in [2.75, 3.05) is 0 Å². The van der Waals surface area contributed by atoms with Crippen LogP contribution in [-0.2, 0) is 17.9 Å². The van der Waals surface area contributed by atoms with Gasteiger partial charge in [0.15, 0.2) is 0 Å². The van der Waals surface area contributed by atoms with Crippen LogP contribution in [0.2, 0.25) is 0 Å². The molecule has 21 heavy (non-hydrogen) atoms. The molecule has 0 radical (unpaired) electrons. The van der Waals surface area contributed by atoms with Crippen LogP contribution in [0.1, 0.15) is 49.2 Å². The van der Waals surface area contributed by atoms with E-state index in [1.165, 1.54) is 5.56 Å². The van der Waals surface area contributed by atoms with Gasteiger partial charge in [-0.1, -0.05) is 6.07 Å². The van der Waals surface area contributed by atoms with Crippen molar-refractivity contribution in [3.8, 4) is 0 Å². The van der Waals surface area contributed by atoms with Gasteiger partial charge in [-0.3, -0.25) is 9.59 Å². The summed E-state index contributed by atoms with van der Waals surface area (Å²) < 4.78 is 0. The second kappa shape index (κ2) is 5.15. The highest BCUT2D eigenvalue weighted by Crippen LogP contribution is 2.31. The SMILES string of the molecule is CC(C)(NC(=O)c1ccc2c(c1)CNC2)C(C)(C)C(=O)O. The van der Waals surface area contributed by atoms with Crippen LogP contribution in [0.5, 0.6) is 0 Å². The molecule has 3 N–H and O–H groups in total. The standard InChI is InChI=1S/C16H22N2O3/c1-15(2,14(20)21)16(3,4)18-13(19)10-5-6-11-8-17-9-12(11)7-10/h5-7,17H,8-9H2,1-4H3,(H,18,19)(H,20,21). The number of nitrogens with one attached hydrogen (secondary N) is 2. The predicted molar refractivity (Wildman–Crippen MR) is 79.9 cm³/mol. The Hall–Kier alpha value is -1.88. The van der Waals surface area contributed by atoms with Gasteiger partial charge in [-0.25, -0.2) is 0 Å². The highest BCUT2D eigenvalue weighted by molar-refractivity contribution is 5.95. The summed E-state index contributed by atoms with van der Waals surface area (Å²) in [6, 6.07) is 5.60. The van der Waals surface area contributed by atoms with Gasteiger partial charge >= 0.3 is 5.97 Å². The van der Waals surface area contributed by atoms with Gasteiger partial charge in [0.2, 0.25) is 0 Å². The second-order valence-corrected chi connectivity index (χ2v) is 6.60. The number of hydrogen-bond donors (Lipinski definition) is 3. The van der Waals surface area contributed by atoms with E-state index in [9.17, 15) is 14.7 Å². The van der Waals surface area contributed by atoms with Gasteiger partial charge in [0.25, 0.3) is 5.91 Å². The monoisotopic (exact) mass is 290 g/mol. The molecule has 1 aromatic rings. The summed E-state index contributed by atoms with van der Waals surface area (Å²) in [4.78, 5) is 23.8. The van der Waals surface area contributed by atoms with Crippen molar-refractivity contribution in [2.24, 2.45) is 5.41 Å². The van der Waals surface area contributed by atoms with Crippen LogP contribution in [0.25, 0.3) is 0 Å². The molecule has 0 aliphatic carbocycles. The van der Waals surface area contributed by atoms with E-state index in [0.29, 0.717) is 5.56 Å². The van der Waals surface area contributed by atoms with Crippen LogP contribution in [-0.4, -0.2) is 22.5 Å². The van der Waals surface area contributed by atoms with E-state index >= 15 is 0 Å². The molecule has 0 fully saturated rings. The van der Waals surface area contributed by atoms with Crippen LogP contribution in [0.4, 0.5) is 0 Å². The number of benzene rings is 1. The molecule has 114 valence electrons. The normalized spacial score (nSPS) is 14.7. The molecule has 1 aromatic carbocycles. The van der Waals surface area contributed by atoms with E-state index < -0.39 is 16.9 Å². The molecular formula is C16H22N2O3. The molecule has 0 unspecified atom stereocenters. The molecule has 5 nitrogen and oxygen atoms in total. The van der Waals surface area contributed by atoms with Gasteiger partial charge in [0, 0.05) is 18.7 Å². The highest BCUT2D eigenvalue weighted by atomic mass is 16.4. The lowest BCUT2D eigenvalue weighted by Crippen LogP contribution is -2.56. The van der Waals surface area contributed by atoms with Crippen LogP contribution in [0, 0.1) is 5.41 Å². The molecule has 1 aliphatic heterocycles. The number of fused-ring (bicyclic) bond motifs is 1. The van der Waals surface area contributed by atoms with Gasteiger partial charge in [-0.15, -0.1) is 0 Å². The molecule has 0 spiro atoms. The number of carboxylic acid groups (broad SMARTS) is 1. The third-order valence-corrected chi connectivity index (χ3v) is 4.62. The summed E-state index contributed by atoms with van der Waals surface area (Å²) in [6.45, 7) is 8.28. The fourth-order valence-electron chi connectivity index (χ4n) is 2.22. The van der Waals surface area contributed by atoms with Crippen molar-refractivity contribution in [1.82, 2.24) is 10.6 Å². The lowest BCUT2D eigenvalue weighted by molar-refractivity contribution is -0.150. The van der Waals surface area contributed by atoms with E-state index in [1.807, 2.05) is 12.1 Å². The molecule has 5 heteroatoms. The second-order valence-electron chi connectivity index (χ2n) is 6.60. The van der Waals surface area contributed by atoms with Crippen LogP contribution in [0.15, 0.2) is 18.2 Å². The molecule has 1 aliphatic rings. The molecule has 0 atom stereocenters. The van der Waals surface area contributed by atoms with Crippen LogP contribution >= 0.6 is 0 Å². The van der Waals surface area contributed by atoms with Gasteiger partial charge < -0.3 is 15.7 Å². The number of aliphatic carboxylic acids is 1. The van der Waals surface area contributed by atoms with Crippen molar-refractivity contribution < 1.29 is 14.7 Å². The summed E-state index contributed by atoms with van der Waals surface area (Å²) in [6.07, 6.45) is 0. The number of hydrogen-bond acceptors (Lipinski definition) is 3. The minimum atomic E-state index is -1.07. The largest absolute Gasteiger partial charge is 0.481 e. The smallest absolute Gasteiger partial charge is 0.311 e. The topological polar surface area (TPSA) is 78.4 Å². The number of amides is 1. The lowest BCUT2D eigenvalue weighted by Gasteiger charge is -2.38. The first-order chi connectivity index (χ1) is 9.65. The average Bonchev–Trinajstić information content (AvgIpc) is 2.84. The minimum absolute atomic E-state index is 0.246. The first kappa shape index (κ1) is 15.5. The summed E-state index contributed by atoms with van der Waals surface area (Å²) >= 11 is 0.